The number of nitrogens with two attached hydrogens (primary N) is 1. The number of hydrogen-bond donors (Lipinski definition) is 1. The zero-order valence-corrected chi connectivity index (χ0v) is 11.3. The van der Waals surface area contributed by atoms with E-state index in [0.29, 0.717) is 24.4 Å². The van der Waals surface area contributed by atoms with Crippen molar-refractivity contribution in [3.8, 4) is 11.3 Å². The van der Waals surface area contributed by atoms with Crippen LogP contribution in [-0.2, 0) is 19.6 Å². The predicted molar refractivity (Wildman–Crippen MR) is 71.1 cm³/mol. The number of halogens is 3. The summed E-state index contributed by atoms with van der Waals surface area (Å²) >= 11 is 0. The molecule has 20 heavy (non-hydrogen) atoms. The van der Waals surface area contributed by atoms with Crippen LogP contribution in [0.15, 0.2) is 24.3 Å². The highest BCUT2D eigenvalue weighted by atomic mass is 19.4. The normalized spacial score (nSPS) is 11.9. The van der Waals surface area contributed by atoms with Crippen molar-refractivity contribution in [2.45, 2.75) is 19.5 Å². The molecule has 1 heterocycles. The van der Waals surface area contributed by atoms with Gasteiger partial charge in [0.1, 0.15) is 0 Å². The van der Waals surface area contributed by atoms with Crippen LogP contribution in [0.5, 0.6) is 0 Å². The van der Waals surface area contributed by atoms with Gasteiger partial charge in [-0.15, -0.1) is 0 Å². The largest absolute Gasteiger partial charge is 0.417 e. The van der Waals surface area contributed by atoms with Gasteiger partial charge in [0.25, 0.3) is 0 Å². The lowest BCUT2D eigenvalue weighted by atomic mass is 9.98. The summed E-state index contributed by atoms with van der Waals surface area (Å²) in [5.41, 5.74) is 7.01. The van der Waals surface area contributed by atoms with E-state index in [0.717, 1.165) is 11.6 Å². The first kappa shape index (κ1) is 14.6. The standard InChI is InChI=1S/C14H16F3N3/c1-9-10(7-8-18)13(20(2)19-9)11-5-3-4-6-12(11)14(15,16)17/h3-6H,7-8,18H2,1-2H3. The fourth-order valence-electron chi connectivity index (χ4n) is 2.42. The molecule has 0 fully saturated rings. The van der Waals surface area contributed by atoms with E-state index in [4.69, 9.17) is 5.73 Å². The first-order valence-electron chi connectivity index (χ1n) is 6.25. The Morgan fingerprint density at radius 1 is 1.25 bits per heavy atom. The van der Waals surface area contributed by atoms with Crippen LogP contribution in [0.3, 0.4) is 0 Å². The molecule has 0 amide bonds. The molecule has 1 aromatic heterocycles. The van der Waals surface area contributed by atoms with Crippen LogP contribution in [0.25, 0.3) is 11.3 Å². The fraction of sp³-hybridized carbons (Fsp3) is 0.357. The van der Waals surface area contributed by atoms with Crippen LogP contribution < -0.4 is 5.73 Å². The van der Waals surface area contributed by atoms with Gasteiger partial charge in [-0.25, -0.2) is 0 Å². The maximum atomic E-state index is 13.1. The highest BCUT2D eigenvalue weighted by Crippen LogP contribution is 2.38. The molecule has 0 atom stereocenters. The Bertz CT molecular complexity index is 615. The third kappa shape index (κ3) is 2.56. The summed E-state index contributed by atoms with van der Waals surface area (Å²) in [6, 6.07) is 5.54. The first-order chi connectivity index (χ1) is 9.36. The molecule has 0 saturated carbocycles. The summed E-state index contributed by atoms with van der Waals surface area (Å²) in [5.74, 6) is 0. The zero-order chi connectivity index (χ0) is 14.9. The lowest BCUT2D eigenvalue weighted by Crippen LogP contribution is -2.10. The van der Waals surface area contributed by atoms with Gasteiger partial charge in [-0.3, -0.25) is 4.68 Å². The van der Waals surface area contributed by atoms with Crippen LogP contribution in [0, 0.1) is 6.92 Å². The van der Waals surface area contributed by atoms with Gasteiger partial charge in [0.2, 0.25) is 0 Å². The zero-order valence-electron chi connectivity index (χ0n) is 11.3. The summed E-state index contributed by atoms with van der Waals surface area (Å²) < 4.78 is 40.9. The highest BCUT2D eigenvalue weighted by molar-refractivity contribution is 5.69. The van der Waals surface area contributed by atoms with E-state index in [1.807, 2.05) is 0 Å². The molecule has 2 rings (SSSR count). The average molecular weight is 283 g/mol. The minimum Gasteiger partial charge on any atom is -0.330 e. The van der Waals surface area contributed by atoms with Crippen molar-refractivity contribution in [3.05, 3.63) is 41.1 Å². The summed E-state index contributed by atoms with van der Waals surface area (Å²) in [4.78, 5) is 0. The first-order valence-corrected chi connectivity index (χ1v) is 6.25. The quantitative estimate of drug-likeness (QED) is 0.941. The molecule has 0 saturated heterocycles. The van der Waals surface area contributed by atoms with Crippen LogP contribution in [0.2, 0.25) is 0 Å². The molecular formula is C14H16F3N3. The van der Waals surface area contributed by atoms with E-state index in [2.05, 4.69) is 5.10 Å². The number of aryl methyl sites for hydroxylation is 2. The van der Waals surface area contributed by atoms with Gasteiger partial charge in [-0.1, -0.05) is 18.2 Å². The number of benzene rings is 1. The third-order valence-corrected chi connectivity index (χ3v) is 3.23. The van der Waals surface area contributed by atoms with Crippen molar-refractivity contribution < 1.29 is 13.2 Å². The van der Waals surface area contributed by atoms with Gasteiger partial charge in [0.15, 0.2) is 0 Å². The maximum absolute atomic E-state index is 13.1. The van der Waals surface area contributed by atoms with Crippen molar-refractivity contribution in [3.63, 3.8) is 0 Å². The van der Waals surface area contributed by atoms with E-state index in [1.165, 1.54) is 16.8 Å². The number of nitrogens with zero attached hydrogens (tertiary/aromatic N) is 2. The van der Waals surface area contributed by atoms with Crippen molar-refractivity contribution in [1.29, 1.82) is 0 Å². The Morgan fingerprint density at radius 3 is 2.50 bits per heavy atom. The Balaban J connectivity index is 2.69. The van der Waals surface area contributed by atoms with Crippen LogP contribution in [0.4, 0.5) is 13.2 Å². The van der Waals surface area contributed by atoms with E-state index in [-0.39, 0.29) is 5.56 Å². The van der Waals surface area contributed by atoms with Crippen LogP contribution in [0.1, 0.15) is 16.8 Å². The van der Waals surface area contributed by atoms with Gasteiger partial charge in [-0.2, -0.15) is 18.3 Å². The molecular weight excluding hydrogens is 267 g/mol. The Labute approximate surface area is 115 Å². The SMILES string of the molecule is Cc1nn(C)c(-c2ccccc2C(F)(F)F)c1CCN. The Hall–Kier alpha value is -1.82. The minimum absolute atomic E-state index is 0.145. The second-order valence-corrected chi connectivity index (χ2v) is 4.62. The van der Waals surface area contributed by atoms with Crippen LogP contribution >= 0.6 is 0 Å². The molecule has 0 unspecified atom stereocenters. The Morgan fingerprint density at radius 2 is 1.90 bits per heavy atom. The van der Waals surface area contributed by atoms with E-state index in [1.54, 1.807) is 20.0 Å². The van der Waals surface area contributed by atoms with Crippen LogP contribution in [-0.4, -0.2) is 16.3 Å². The molecule has 0 aliphatic rings. The molecule has 108 valence electrons. The van der Waals surface area contributed by atoms with E-state index < -0.39 is 11.7 Å². The molecule has 6 heteroatoms. The summed E-state index contributed by atoms with van der Waals surface area (Å²) in [6.45, 7) is 2.15. The smallest absolute Gasteiger partial charge is 0.330 e. The lowest BCUT2D eigenvalue weighted by Gasteiger charge is -2.14. The maximum Gasteiger partial charge on any atom is 0.417 e. The number of alkyl halides is 3. The lowest BCUT2D eigenvalue weighted by molar-refractivity contribution is -0.137. The third-order valence-electron chi connectivity index (χ3n) is 3.23. The molecule has 0 spiro atoms. The molecule has 0 bridgehead atoms. The minimum atomic E-state index is -4.39. The van der Waals surface area contributed by atoms with Gasteiger partial charge in [0, 0.05) is 18.2 Å². The summed E-state index contributed by atoms with van der Waals surface area (Å²) in [7, 11) is 1.65. The summed E-state index contributed by atoms with van der Waals surface area (Å²) in [6.07, 6.45) is -3.89. The number of rotatable bonds is 3. The van der Waals surface area contributed by atoms with E-state index in [9.17, 15) is 13.2 Å². The van der Waals surface area contributed by atoms with Crippen molar-refractivity contribution >= 4 is 0 Å². The van der Waals surface area contributed by atoms with Gasteiger partial charge >= 0.3 is 6.18 Å². The topological polar surface area (TPSA) is 43.8 Å². The van der Waals surface area contributed by atoms with Crippen molar-refractivity contribution in [2.75, 3.05) is 6.54 Å². The second kappa shape index (κ2) is 5.28. The number of hydrogen-bond acceptors (Lipinski definition) is 2. The van der Waals surface area contributed by atoms with Gasteiger partial charge in [0.05, 0.1) is 17.0 Å². The second-order valence-electron chi connectivity index (χ2n) is 4.62. The average Bonchev–Trinajstić information content (AvgIpc) is 2.64. The van der Waals surface area contributed by atoms with Gasteiger partial charge < -0.3 is 5.73 Å². The highest BCUT2D eigenvalue weighted by Gasteiger charge is 2.34. The molecule has 3 nitrogen and oxygen atoms in total. The monoisotopic (exact) mass is 283 g/mol. The van der Waals surface area contributed by atoms with Crippen molar-refractivity contribution in [2.24, 2.45) is 12.8 Å². The Kier molecular flexibility index (Phi) is 3.85. The van der Waals surface area contributed by atoms with Crippen molar-refractivity contribution in [1.82, 2.24) is 9.78 Å². The number of aromatic nitrogens is 2. The summed E-state index contributed by atoms with van der Waals surface area (Å²) in [5, 5.41) is 4.22. The predicted octanol–water partition coefficient (Wildman–Crippen LogP) is 2.92. The fourth-order valence-corrected chi connectivity index (χ4v) is 2.42. The van der Waals surface area contributed by atoms with Gasteiger partial charge in [-0.05, 0) is 26.0 Å². The van der Waals surface area contributed by atoms with E-state index >= 15 is 0 Å². The molecule has 0 aliphatic heterocycles. The molecule has 2 aromatic rings. The molecule has 2 N–H and O–H groups in total. The molecule has 0 radical (unpaired) electrons. The molecule has 1 aromatic carbocycles. The molecule has 0 aliphatic carbocycles.